The highest BCUT2D eigenvalue weighted by atomic mass is 32.2. The minimum atomic E-state index is -3.33. The molecular formula is C19H28N4O2S2. The van der Waals surface area contributed by atoms with Gasteiger partial charge in [-0.15, -0.1) is 11.3 Å². The van der Waals surface area contributed by atoms with E-state index in [-0.39, 0.29) is 5.16 Å². The summed E-state index contributed by atoms with van der Waals surface area (Å²) in [6.07, 6.45) is 13.4. The molecule has 1 aliphatic carbocycles. The number of imidazole rings is 1. The van der Waals surface area contributed by atoms with Gasteiger partial charge in [0, 0.05) is 30.9 Å². The van der Waals surface area contributed by atoms with Gasteiger partial charge < -0.3 is 4.57 Å². The van der Waals surface area contributed by atoms with Gasteiger partial charge >= 0.3 is 0 Å². The highest BCUT2D eigenvalue weighted by Crippen LogP contribution is 2.35. The molecule has 2 fully saturated rings. The predicted molar refractivity (Wildman–Crippen MR) is 106 cm³/mol. The topological polar surface area (TPSA) is 68.1 Å². The number of rotatable bonds is 6. The van der Waals surface area contributed by atoms with Gasteiger partial charge in [0.15, 0.2) is 0 Å². The number of sulfone groups is 1. The van der Waals surface area contributed by atoms with Crippen molar-refractivity contribution in [2.75, 3.05) is 12.8 Å². The van der Waals surface area contributed by atoms with Crippen LogP contribution in [0.25, 0.3) is 0 Å². The Bertz CT molecular complexity index is 854. The van der Waals surface area contributed by atoms with E-state index in [0.717, 1.165) is 43.2 Å². The van der Waals surface area contributed by atoms with Crippen molar-refractivity contribution in [3.63, 3.8) is 0 Å². The first-order valence-corrected chi connectivity index (χ1v) is 12.7. The molecule has 8 heteroatoms. The summed E-state index contributed by atoms with van der Waals surface area (Å²) in [6.45, 7) is 2.53. The summed E-state index contributed by atoms with van der Waals surface area (Å²) in [7, 11) is -3.33. The summed E-state index contributed by atoms with van der Waals surface area (Å²) in [5.41, 5.74) is 1.02. The maximum Gasteiger partial charge on any atom is 0.227 e. The largest absolute Gasteiger partial charge is 0.317 e. The molecule has 1 unspecified atom stereocenters. The average Bonchev–Trinajstić information content (AvgIpc) is 3.37. The van der Waals surface area contributed by atoms with Crippen LogP contribution in [0.15, 0.2) is 22.9 Å². The highest BCUT2D eigenvalue weighted by Gasteiger charge is 2.30. The van der Waals surface area contributed by atoms with Crippen LogP contribution in [0, 0.1) is 5.92 Å². The van der Waals surface area contributed by atoms with E-state index in [1.165, 1.54) is 38.4 Å². The molecular weight excluding hydrogens is 380 g/mol. The maximum atomic E-state index is 12.3. The molecule has 1 atom stereocenters. The van der Waals surface area contributed by atoms with Crippen molar-refractivity contribution in [3.05, 3.63) is 28.5 Å². The second kappa shape index (κ2) is 8.01. The third-order valence-electron chi connectivity index (χ3n) is 5.86. The number of aromatic nitrogens is 3. The molecule has 0 aromatic carbocycles. The lowest BCUT2D eigenvalue weighted by atomic mass is 9.89. The van der Waals surface area contributed by atoms with Gasteiger partial charge in [0.2, 0.25) is 15.0 Å². The van der Waals surface area contributed by atoms with Gasteiger partial charge in [-0.05, 0) is 38.1 Å². The Morgan fingerprint density at radius 3 is 2.67 bits per heavy atom. The molecule has 0 bridgehead atoms. The van der Waals surface area contributed by atoms with E-state index in [9.17, 15) is 8.42 Å². The first kappa shape index (κ1) is 19.1. The van der Waals surface area contributed by atoms with Crippen LogP contribution in [0.2, 0.25) is 0 Å². The SMILES string of the molecule is CS(=O)(=O)c1ncc(CN2CCCC2c2nccs2)n1CC1CCCCC1. The van der Waals surface area contributed by atoms with Crippen LogP contribution in [0.1, 0.15) is 61.7 Å². The second-order valence-corrected chi connectivity index (χ2v) is 10.8. The van der Waals surface area contributed by atoms with E-state index in [1.807, 2.05) is 16.1 Å². The molecule has 2 aromatic heterocycles. The molecule has 4 rings (SSSR count). The number of hydrogen-bond donors (Lipinski definition) is 0. The molecule has 27 heavy (non-hydrogen) atoms. The van der Waals surface area contributed by atoms with E-state index in [1.54, 1.807) is 17.5 Å². The maximum absolute atomic E-state index is 12.3. The van der Waals surface area contributed by atoms with Crippen LogP contribution in [0.4, 0.5) is 0 Å². The zero-order valence-corrected chi connectivity index (χ0v) is 17.5. The van der Waals surface area contributed by atoms with Crippen molar-refractivity contribution < 1.29 is 8.42 Å². The highest BCUT2D eigenvalue weighted by molar-refractivity contribution is 7.90. The van der Waals surface area contributed by atoms with Gasteiger partial charge in [-0.1, -0.05) is 19.3 Å². The smallest absolute Gasteiger partial charge is 0.227 e. The fourth-order valence-electron chi connectivity index (χ4n) is 4.54. The van der Waals surface area contributed by atoms with Gasteiger partial charge in [0.05, 0.1) is 17.9 Å². The molecule has 1 saturated heterocycles. The predicted octanol–water partition coefficient (Wildman–Crippen LogP) is 3.66. The number of likely N-dealkylation sites (tertiary alicyclic amines) is 1. The Balaban J connectivity index is 1.59. The van der Waals surface area contributed by atoms with Crippen LogP contribution in [0.5, 0.6) is 0 Å². The Hall–Kier alpha value is -1.25. The molecule has 0 N–H and O–H groups in total. The van der Waals surface area contributed by atoms with E-state index >= 15 is 0 Å². The third-order valence-corrected chi connectivity index (χ3v) is 7.73. The number of hydrogen-bond acceptors (Lipinski definition) is 6. The summed E-state index contributed by atoms with van der Waals surface area (Å²) < 4.78 is 26.6. The van der Waals surface area contributed by atoms with Gasteiger partial charge in [-0.2, -0.15) is 0 Å². The fourth-order valence-corrected chi connectivity index (χ4v) is 6.18. The minimum absolute atomic E-state index is 0.230. The van der Waals surface area contributed by atoms with Gasteiger partial charge in [0.25, 0.3) is 0 Å². The van der Waals surface area contributed by atoms with Crippen LogP contribution >= 0.6 is 11.3 Å². The quantitative estimate of drug-likeness (QED) is 0.730. The summed E-state index contributed by atoms with van der Waals surface area (Å²) >= 11 is 1.71. The lowest BCUT2D eigenvalue weighted by molar-refractivity contribution is 0.234. The van der Waals surface area contributed by atoms with Crippen molar-refractivity contribution in [3.8, 4) is 0 Å². The molecule has 0 spiro atoms. The second-order valence-electron chi connectivity index (χ2n) is 7.92. The van der Waals surface area contributed by atoms with Crippen molar-refractivity contribution in [2.24, 2.45) is 5.92 Å². The lowest BCUT2D eigenvalue weighted by Gasteiger charge is -2.26. The molecule has 1 saturated carbocycles. The molecule has 1 aliphatic heterocycles. The Labute approximate surface area is 165 Å². The van der Waals surface area contributed by atoms with Crippen molar-refractivity contribution >= 4 is 21.2 Å². The monoisotopic (exact) mass is 408 g/mol. The lowest BCUT2D eigenvalue weighted by Crippen LogP contribution is -2.26. The van der Waals surface area contributed by atoms with Crippen LogP contribution in [-0.2, 0) is 22.9 Å². The summed E-state index contributed by atoms with van der Waals surface area (Å²) in [4.78, 5) is 11.3. The molecule has 148 valence electrons. The van der Waals surface area contributed by atoms with Crippen molar-refractivity contribution in [1.82, 2.24) is 19.4 Å². The fraction of sp³-hybridized carbons (Fsp3) is 0.684. The van der Waals surface area contributed by atoms with Crippen molar-refractivity contribution in [1.29, 1.82) is 0 Å². The Morgan fingerprint density at radius 2 is 1.96 bits per heavy atom. The van der Waals surface area contributed by atoms with Gasteiger partial charge in [-0.3, -0.25) is 4.90 Å². The molecule has 2 aromatic rings. The van der Waals surface area contributed by atoms with Gasteiger partial charge in [0.1, 0.15) is 5.01 Å². The van der Waals surface area contributed by atoms with E-state index in [0.29, 0.717) is 12.0 Å². The zero-order valence-electron chi connectivity index (χ0n) is 15.9. The number of thiazole rings is 1. The summed E-state index contributed by atoms with van der Waals surface area (Å²) in [5.74, 6) is 0.556. The number of nitrogens with zero attached hydrogens (tertiary/aromatic N) is 4. The summed E-state index contributed by atoms with van der Waals surface area (Å²) in [6, 6.07) is 0.338. The molecule has 2 aliphatic rings. The molecule has 3 heterocycles. The van der Waals surface area contributed by atoms with Crippen LogP contribution in [-0.4, -0.2) is 40.7 Å². The van der Waals surface area contributed by atoms with E-state index in [4.69, 9.17) is 0 Å². The van der Waals surface area contributed by atoms with Gasteiger partial charge in [-0.25, -0.2) is 18.4 Å². The first-order valence-electron chi connectivity index (χ1n) is 9.90. The van der Waals surface area contributed by atoms with Crippen LogP contribution in [0.3, 0.4) is 0 Å². The first-order chi connectivity index (χ1) is 13.0. The Morgan fingerprint density at radius 1 is 1.15 bits per heavy atom. The summed E-state index contributed by atoms with van der Waals surface area (Å²) in [5, 5.41) is 3.42. The minimum Gasteiger partial charge on any atom is -0.317 e. The standard InChI is InChI=1S/C19H28N4O2S2/c1-27(24,25)19-21-12-16(23(19)13-15-6-3-2-4-7-15)14-22-10-5-8-17(22)18-20-9-11-26-18/h9,11-12,15,17H,2-8,10,13-14H2,1H3. The molecule has 6 nitrogen and oxygen atoms in total. The Kier molecular flexibility index (Phi) is 5.66. The average molecular weight is 409 g/mol. The van der Waals surface area contributed by atoms with Crippen LogP contribution < -0.4 is 0 Å². The zero-order chi connectivity index (χ0) is 18.9. The normalized spacial score (nSPS) is 22.5. The van der Waals surface area contributed by atoms with E-state index in [2.05, 4.69) is 14.9 Å². The molecule has 0 radical (unpaired) electrons. The molecule has 0 amide bonds. The van der Waals surface area contributed by atoms with Crippen molar-refractivity contribution in [2.45, 2.75) is 69.2 Å². The van der Waals surface area contributed by atoms with E-state index < -0.39 is 9.84 Å². The third kappa shape index (κ3) is 4.27.